The third-order valence-corrected chi connectivity index (χ3v) is 4.88. The van der Waals surface area contributed by atoms with E-state index in [1.165, 1.54) is 6.07 Å². The van der Waals surface area contributed by atoms with Crippen molar-refractivity contribution in [3.63, 3.8) is 0 Å². The molecule has 0 spiro atoms. The molecule has 0 saturated heterocycles. The molecular formula is C28H19F2IrN3-2. The van der Waals surface area contributed by atoms with Crippen LogP contribution in [0.1, 0.15) is 5.56 Å². The Labute approximate surface area is 210 Å². The van der Waals surface area contributed by atoms with E-state index in [4.69, 9.17) is 0 Å². The molecule has 0 aliphatic carbocycles. The van der Waals surface area contributed by atoms with Gasteiger partial charge in [0, 0.05) is 56.0 Å². The van der Waals surface area contributed by atoms with Gasteiger partial charge in [-0.05, 0) is 36.0 Å². The van der Waals surface area contributed by atoms with Gasteiger partial charge in [-0.3, -0.25) is 9.37 Å². The van der Waals surface area contributed by atoms with Gasteiger partial charge in [-0.1, -0.05) is 29.8 Å². The summed E-state index contributed by atoms with van der Waals surface area (Å²) in [7, 11) is 0. The molecule has 5 rings (SSSR count). The fourth-order valence-corrected chi connectivity index (χ4v) is 3.23. The molecule has 0 unspecified atom stereocenters. The van der Waals surface area contributed by atoms with Crippen LogP contribution in [0.2, 0.25) is 0 Å². The second-order valence-electron chi connectivity index (χ2n) is 7.13. The molecule has 171 valence electrons. The zero-order valence-corrected chi connectivity index (χ0v) is 20.6. The molecule has 6 heteroatoms. The van der Waals surface area contributed by atoms with Crippen molar-refractivity contribution in [1.29, 1.82) is 0 Å². The van der Waals surface area contributed by atoms with Gasteiger partial charge in [0.1, 0.15) is 0 Å². The maximum Gasteiger partial charge on any atom is 0.0765 e. The SMILES string of the molecule is Cc1cc(-c2[c-]ccc(F)c2F)ncc1-c1cccnc1.[Ir].[c-]1ccccc1-c1ccccn1. The molecule has 34 heavy (non-hydrogen) atoms. The Morgan fingerprint density at radius 2 is 1.62 bits per heavy atom. The Hall–Kier alpha value is -3.60. The number of rotatable bonds is 3. The molecule has 1 radical (unpaired) electrons. The van der Waals surface area contributed by atoms with Crippen molar-refractivity contribution in [2.45, 2.75) is 6.92 Å². The van der Waals surface area contributed by atoms with Gasteiger partial charge in [-0.25, -0.2) is 4.39 Å². The maximum atomic E-state index is 13.8. The van der Waals surface area contributed by atoms with E-state index in [2.05, 4.69) is 27.1 Å². The largest absolute Gasteiger partial charge is 0.305 e. The molecule has 2 aromatic carbocycles. The van der Waals surface area contributed by atoms with Crippen LogP contribution in [0.4, 0.5) is 8.78 Å². The smallest absolute Gasteiger partial charge is 0.0765 e. The van der Waals surface area contributed by atoms with Crippen LogP contribution in [0.25, 0.3) is 33.6 Å². The van der Waals surface area contributed by atoms with Crippen molar-refractivity contribution in [3.05, 3.63) is 127 Å². The zero-order chi connectivity index (χ0) is 23.0. The molecule has 0 aliphatic heterocycles. The number of nitrogens with zero attached hydrogens (tertiary/aromatic N) is 3. The minimum Gasteiger partial charge on any atom is -0.305 e. The van der Waals surface area contributed by atoms with E-state index in [0.29, 0.717) is 5.69 Å². The van der Waals surface area contributed by atoms with Crippen molar-refractivity contribution < 1.29 is 28.9 Å². The molecule has 0 aliphatic rings. The summed E-state index contributed by atoms with van der Waals surface area (Å²) in [6.45, 7) is 1.89. The van der Waals surface area contributed by atoms with E-state index in [0.717, 1.165) is 34.0 Å². The van der Waals surface area contributed by atoms with Crippen LogP contribution in [-0.4, -0.2) is 15.0 Å². The molecule has 3 nitrogen and oxygen atoms in total. The van der Waals surface area contributed by atoms with E-state index < -0.39 is 11.6 Å². The quantitative estimate of drug-likeness (QED) is 0.208. The van der Waals surface area contributed by atoms with Gasteiger partial charge in [0.05, 0.1) is 11.6 Å². The van der Waals surface area contributed by atoms with Crippen LogP contribution in [0, 0.1) is 30.7 Å². The first-order valence-electron chi connectivity index (χ1n) is 10.2. The minimum atomic E-state index is -0.932. The summed E-state index contributed by atoms with van der Waals surface area (Å²) in [5.41, 5.74) is 5.15. The van der Waals surface area contributed by atoms with Gasteiger partial charge in [-0.15, -0.1) is 54.1 Å². The zero-order valence-electron chi connectivity index (χ0n) is 18.2. The minimum absolute atomic E-state index is 0. The van der Waals surface area contributed by atoms with E-state index >= 15 is 0 Å². The van der Waals surface area contributed by atoms with Gasteiger partial charge < -0.3 is 9.97 Å². The van der Waals surface area contributed by atoms with Gasteiger partial charge in [0.2, 0.25) is 0 Å². The summed E-state index contributed by atoms with van der Waals surface area (Å²) in [5.74, 6) is -1.84. The molecule has 0 atom stereocenters. The molecule has 0 N–H and O–H groups in total. The second kappa shape index (κ2) is 12.0. The number of pyridine rings is 3. The molecule has 0 fully saturated rings. The monoisotopic (exact) mass is 628 g/mol. The van der Waals surface area contributed by atoms with Crippen LogP contribution >= 0.6 is 0 Å². The van der Waals surface area contributed by atoms with E-state index in [1.807, 2.05) is 61.5 Å². The number of hydrogen-bond donors (Lipinski definition) is 0. The van der Waals surface area contributed by atoms with E-state index in [9.17, 15) is 8.78 Å². The fraction of sp³-hybridized carbons (Fsp3) is 0.0357. The van der Waals surface area contributed by atoms with Crippen molar-refractivity contribution in [2.24, 2.45) is 0 Å². The summed E-state index contributed by atoms with van der Waals surface area (Å²) < 4.78 is 27.1. The predicted molar refractivity (Wildman–Crippen MR) is 125 cm³/mol. The standard InChI is InChI=1S/C17H11F2N2.C11H8N.Ir/c1-11-8-16(13-5-2-6-15(18)17(13)19)21-10-14(11)12-4-3-7-20-9-12;1-2-6-10(7-3-1)11-8-4-5-9-12-11;/h2-4,6-10H,1H3;1-6,8-9H;/q2*-1;. The molecule has 0 bridgehead atoms. The van der Waals surface area contributed by atoms with Crippen LogP contribution in [-0.2, 0) is 20.1 Å². The topological polar surface area (TPSA) is 38.7 Å². The Bertz CT molecular complexity index is 1290. The van der Waals surface area contributed by atoms with Crippen molar-refractivity contribution in [2.75, 3.05) is 0 Å². The van der Waals surface area contributed by atoms with Gasteiger partial charge >= 0.3 is 0 Å². The summed E-state index contributed by atoms with van der Waals surface area (Å²) in [4.78, 5) is 12.5. The molecule has 5 aromatic rings. The second-order valence-corrected chi connectivity index (χ2v) is 7.13. The number of aryl methyl sites for hydroxylation is 1. The number of benzene rings is 2. The Morgan fingerprint density at radius 1 is 0.765 bits per heavy atom. The Morgan fingerprint density at radius 3 is 2.29 bits per heavy atom. The molecule has 3 aromatic heterocycles. The average Bonchev–Trinajstić information content (AvgIpc) is 2.88. The first kappa shape index (κ1) is 25.0. The van der Waals surface area contributed by atoms with E-state index in [1.54, 1.807) is 30.9 Å². The van der Waals surface area contributed by atoms with Crippen molar-refractivity contribution >= 4 is 0 Å². The number of hydrogen-bond acceptors (Lipinski definition) is 3. The summed E-state index contributed by atoms with van der Waals surface area (Å²) >= 11 is 0. The Balaban J connectivity index is 0.000000212. The van der Waals surface area contributed by atoms with Crippen LogP contribution in [0.5, 0.6) is 0 Å². The molecule has 0 amide bonds. The molecule has 0 saturated carbocycles. The first-order valence-corrected chi connectivity index (χ1v) is 10.2. The van der Waals surface area contributed by atoms with E-state index in [-0.39, 0.29) is 25.7 Å². The van der Waals surface area contributed by atoms with Gasteiger partial charge in [0.15, 0.2) is 0 Å². The predicted octanol–water partition coefficient (Wildman–Crippen LogP) is 6.74. The van der Waals surface area contributed by atoms with Gasteiger partial charge in [-0.2, -0.15) is 0 Å². The van der Waals surface area contributed by atoms with Crippen molar-refractivity contribution in [3.8, 4) is 33.6 Å². The average molecular weight is 628 g/mol. The normalized spacial score (nSPS) is 9.97. The number of aromatic nitrogens is 3. The third kappa shape index (κ3) is 6.04. The van der Waals surface area contributed by atoms with Crippen molar-refractivity contribution in [1.82, 2.24) is 15.0 Å². The van der Waals surface area contributed by atoms with Gasteiger partial charge in [0.25, 0.3) is 0 Å². The summed E-state index contributed by atoms with van der Waals surface area (Å²) in [6, 6.07) is 27.4. The Kier molecular flexibility index (Phi) is 8.86. The van der Waals surface area contributed by atoms with Crippen LogP contribution in [0.15, 0.2) is 97.6 Å². The van der Waals surface area contributed by atoms with Crippen LogP contribution in [0.3, 0.4) is 0 Å². The molecule has 3 heterocycles. The summed E-state index contributed by atoms with van der Waals surface area (Å²) in [6.07, 6.45) is 6.85. The fourth-order valence-electron chi connectivity index (χ4n) is 3.23. The van der Waals surface area contributed by atoms with Crippen LogP contribution < -0.4 is 0 Å². The first-order chi connectivity index (χ1) is 16.1. The molecular weight excluding hydrogens is 609 g/mol. The maximum absolute atomic E-state index is 13.8. The number of halogens is 2. The summed E-state index contributed by atoms with van der Waals surface area (Å²) in [5, 5.41) is 0. The third-order valence-electron chi connectivity index (χ3n) is 4.88.